The van der Waals surface area contributed by atoms with Crippen molar-refractivity contribution in [2.45, 2.75) is 64.7 Å². The van der Waals surface area contributed by atoms with Crippen LogP contribution in [0.2, 0.25) is 0 Å². The van der Waals surface area contributed by atoms with Crippen LogP contribution in [-0.4, -0.2) is 7.11 Å². The fourth-order valence-corrected chi connectivity index (χ4v) is 1.54. The number of ether oxygens (including phenoxy) is 1. The van der Waals surface area contributed by atoms with E-state index in [2.05, 4.69) is 6.92 Å². The SMILES string of the molecule is [CH]=C(CCCCCCCCCC)OC. The van der Waals surface area contributed by atoms with Crippen LogP contribution < -0.4 is 0 Å². The molecule has 14 heavy (non-hydrogen) atoms. The molecular weight excluding hydrogens is 172 g/mol. The molecule has 0 heterocycles. The molecule has 0 aromatic carbocycles. The Morgan fingerprint density at radius 1 is 0.929 bits per heavy atom. The summed E-state index contributed by atoms with van der Waals surface area (Å²) >= 11 is 0. The van der Waals surface area contributed by atoms with E-state index in [1.54, 1.807) is 7.11 Å². The number of hydrogen-bond acceptors (Lipinski definition) is 1. The third-order valence-corrected chi connectivity index (χ3v) is 2.54. The molecule has 0 bridgehead atoms. The summed E-state index contributed by atoms with van der Waals surface area (Å²) in [5, 5.41) is 0. The van der Waals surface area contributed by atoms with Gasteiger partial charge in [-0.1, -0.05) is 51.9 Å². The van der Waals surface area contributed by atoms with Crippen LogP contribution in [0.5, 0.6) is 0 Å². The van der Waals surface area contributed by atoms with Gasteiger partial charge in [0, 0.05) is 6.42 Å². The number of unbranched alkanes of at least 4 members (excludes halogenated alkanes) is 7. The van der Waals surface area contributed by atoms with E-state index in [1.165, 1.54) is 51.4 Å². The third kappa shape index (κ3) is 9.63. The molecule has 0 aliphatic rings. The van der Waals surface area contributed by atoms with E-state index < -0.39 is 0 Å². The van der Waals surface area contributed by atoms with E-state index in [0.717, 1.165) is 6.42 Å². The van der Waals surface area contributed by atoms with E-state index in [9.17, 15) is 0 Å². The van der Waals surface area contributed by atoms with Crippen LogP contribution in [-0.2, 0) is 4.74 Å². The predicted molar refractivity (Wildman–Crippen MR) is 62.0 cm³/mol. The van der Waals surface area contributed by atoms with E-state index in [1.807, 2.05) is 0 Å². The number of methoxy groups -OCH3 is 1. The van der Waals surface area contributed by atoms with Crippen LogP contribution in [0.1, 0.15) is 64.7 Å². The fourth-order valence-electron chi connectivity index (χ4n) is 1.54. The topological polar surface area (TPSA) is 9.23 Å². The minimum Gasteiger partial charge on any atom is -0.501 e. The van der Waals surface area contributed by atoms with Crippen LogP contribution in [0, 0.1) is 6.58 Å². The van der Waals surface area contributed by atoms with Crippen molar-refractivity contribution in [1.29, 1.82) is 0 Å². The lowest BCUT2D eigenvalue weighted by molar-refractivity contribution is 0.274. The molecule has 0 atom stereocenters. The van der Waals surface area contributed by atoms with Crippen molar-refractivity contribution in [3.8, 4) is 0 Å². The van der Waals surface area contributed by atoms with E-state index in [0.29, 0.717) is 5.76 Å². The first-order chi connectivity index (χ1) is 6.81. The third-order valence-electron chi connectivity index (χ3n) is 2.54. The molecule has 0 aliphatic carbocycles. The van der Waals surface area contributed by atoms with Crippen molar-refractivity contribution < 1.29 is 4.74 Å². The van der Waals surface area contributed by atoms with Crippen LogP contribution in [0.3, 0.4) is 0 Å². The Morgan fingerprint density at radius 2 is 1.43 bits per heavy atom. The first-order valence-electron chi connectivity index (χ1n) is 5.96. The summed E-state index contributed by atoms with van der Waals surface area (Å²) in [4.78, 5) is 0. The summed E-state index contributed by atoms with van der Waals surface area (Å²) in [5.41, 5.74) is 0. The quantitative estimate of drug-likeness (QED) is 0.370. The van der Waals surface area contributed by atoms with Crippen molar-refractivity contribution in [2.24, 2.45) is 0 Å². The van der Waals surface area contributed by atoms with Gasteiger partial charge in [-0.15, -0.1) is 0 Å². The Hall–Kier alpha value is -0.460. The molecule has 0 saturated heterocycles. The van der Waals surface area contributed by atoms with Gasteiger partial charge in [0.15, 0.2) is 0 Å². The van der Waals surface area contributed by atoms with Crippen molar-refractivity contribution >= 4 is 0 Å². The summed E-state index contributed by atoms with van der Waals surface area (Å²) < 4.78 is 4.90. The first kappa shape index (κ1) is 13.5. The highest BCUT2D eigenvalue weighted by atomic mass is 16.5. The van der Waals surface area contributed by atoms with Gasteiger partial charge >= 0.3 is 0 Å². The lowest BCUT2D eigenvalue weighted by atomic mass is 10.1. The number of hydrogen-bond donors (Lipinski definition) is 0. The fraction of sp³-hybridized carbons (Fsp3) is 0.846. The number of allylic oxidation sites excluding steroid dienone is 1. The second kappa shape index (κ2) is 10.6. The maximum absolute atomic E-state index is 5.55. The highest BCUT2D eigenvalue weighted by Gasteiger charge is 1.94. The minimum absolute atomic E-state index is 0.677. The monoisotopic (exact) mass is 197 g/mol. The largest absolute Gasteiger partial charge is 0.501 e. The van der Waals surface area contributed by atoms with Gasteiger partial charge in [-0.05, 0) is 13.0 Å². The lowest BCUT2D eigenvalue weighted by Gasteiger charge is -2.03. The molecule has 0 spiro atoms. The van der Waals surface area contributed by atoms with Gasteiger partial charge in [-0.3, -0.25) is 0 Å². The molecule has 0 amide bonds. The van der Waals surface area contributed by atoms with Gasteiger partial charge in [0.2, 0.25) is 0 Å². The molecule has 1 nitrogen and oxygen atoms in total. The predicted octanol–water partition coefficient (Wildman–Crippen LogP) is 4.48. The summed E-state index contributed by atoms with van der Waals surface area (Å²) in [6, 6.07) is 0. The minimum atomic E-state index is 0.677. The average molecular weight is 197 g/mol. The van der Waals surface area contributed by atoms with Gasteiger partial charge in [-0.25, -0.2) is 0 Å². The molecule has 0 fully saturated rings. The summed E-state index contributed by atoms with van der Waals surface area (Å²) in [7, 11) is 1.64. The van der Waals surface area contributed by atoms with E-state index in [4.69, 9.17) is 11.3 Å². The molecule has 0 aromatic rings. The Morgan fingerprint density at radius 3 is 1.93 bits per heavy atom. The van der Waals surface area contributed by atoms with Crippen molar-refractivity contribution in [1.82, 2.24) is 0 Å². The summed E-state index contributed by atoms with van der Waals surface area (Å²) in [6.45, 7) is 7.80. The van der Waals surface area contributed by atoms with Gasteiger partial charge in [-0.2, -0.15) is 0 Å². The zero-order valence-electron chi connectivity index (χ0n) is 9.85. The van der Waals surface area contributed by atoms with Crippen LogP contribution in [0.4, 0.5) is 0 Å². The Labute approximate surface area is 89.5 Å². The smallest absolute Gasteiger partial charge is 0.0956 e. The molecular formula is C13H25O. The molecule has 0 saturated carbocycles. The zero-order chi connectivity index (χ0) is 10.6. The lowest BCUT2D eigenvalue weighted by Crippen LogP contribution is -1.86. The highest BCUT2D eigenvalue weighted by molar-refractivity contribution is 4.76. The molecule has 0 aromatic heterocycles. The van der Waals surface area contributed by atoms with Crippen molar-refractivity contribution in [3.05, 3.63) is 12.3 Å². The van der Waals surface area contributed by atoms with Crippen LogP contribution in [0.25, 0.3) is 0 Å². The van der Waals surface area contributed by atoms with Gasteiger partial charge < -0.3 is 4.74 Å². The standard InChI is InChI=1S/C13H25O/c1-4-5-6-7-8-9-10-11-12-13(2)14-3/h2H,4-12H2,1,3H3. The maximum atomic E-state index is 5.55. The Bertz CT molecular complexity index is 129. The normalized spacial score (nSPS) is 10.1. The molecule has 0 N–H and O–H groups in total. The summed E-state index contributed by atoms with van der Waals surface area (Å²) in [6.07, 6.45) is 11.6. The van der Waals surface area contributed by atoms with Gasteiger partial charge in [0.1, 0.15) is 0 Å². The summed E-state index contributed by atoms with van der Waals surface area (Å²) in [5.74, 6) is 0.677. The molecule has 1 radical (unpaired) electrons. The molecule has 0 rings (SSSR count). The first-order valence-corrected chi connectivity index (χ1v) is 5.96. The van der Waals surface area contributed by atoms with E-state index >= 15 is 0 Å². The van der Waals surface area contributed by atoms with E-state index in [-0.39, 0.29) is 0 Å². The van der Waals surface area contributed by atoms with Crippen molar-refractivity contribution in [3.63, 3.8) is 0 Å². The highest BCUT2D eigenvalue weighted by Crippen LogP contribution is 2.11. The molecule has 0 aliphatic heterocycles. The zero-order valence-corrected chi connectivity index (χ0v) is 9.85. The second-order valence-corrected chi connectivity index (χ2v) is 3.90. The van der Waals surface area contributed by atoms with Crippen LogP contribution in [0.15, 0.2) is 5.76 Å². The molecule has 83 valence electrons. The Kier molecular flexibility index (Phi) is 10.3. The van der Waals surface area contributed by atoms with Gasteiger partial charge in [0.05, 0.1) is 12.9 Å². The molecule has 0 unspecified atom stereocenters. The average Bonchev–Trinajstić information content (AvgIpc) is 2.21. The Balaban J connectivity index is 2.95. The molecule has 1 heteroatoms. The maximum Gasteiger partial charge on any atom is 0.0956 e. The van der Waals surface area contributed by atoms with Crippen molar-refractivity contribution in [2.75, 3.05) is 7.11 Å². The number of rotatable bonds is 10. The second-order valence-electron chi connectivity index (χ2n) is 3.90. The van der Waals surface area contributed by atoms with Crippen LogP contribution >= 0.6 is 0 Å². The van der Waals surface area contributed by atoms with Gasteiger partial charge in [0.25, 0.3) is 0 Å².